The van der Waals surface area contributed by atoms with Crippen LogP contribution in [0.4, 0.5) is 10.1 Å². The first kappa shape index (κ1) is 13.1. The van der Waals surface area contributed by atoms with Gasteiger partial charge in [0.15, 0.2) is 11.6 Å². The highest BCUT2D eigenvalue weighted by Crippen LogP contribution is 2.24. The van der Waals surface area contributed by atoms with Gasteiger partial charge in [0.2, 0.25) is 0 Å². The molecule has 100 valence electrons. The molecular weight excluding hydrogens is 231 g/mol. The number of anilines is 1. The van der Waals surface area contributed by atoms with Crippen LogP contribution in [0.2, 0.25) is 0 Å². The molecule has 18 heavy (non-hydrogen) atoms. The van der Waals surface area contributed by atoms with Crippen LogP contribution in [-0.4, -0.2) is 32.3 Å². The van der Waals surface area contributed by atoms with Crippen molar-refractivity contribution in [3.8, 4) is 5.75 Å². The monoisotopic (exact) mass is 252 g/mol. The van der Waals surface area contributed by atoms with Crippen molar-refractivity contribution < 1.29 is 9.13 Å². The quantitative estimate of drug-likeness (QED) is 0.890. The van der Waals surface area contributed by atoms with Crippen molar-refractivity contribution in [3.63, 3.8) is 0 Å². The van der Waals surface area contributed by atoms with E-state index in [0.717, 1.165) is 31.7 Å². The van der Waals surface area contributed by atoms with Crippen LogP contribution in [0.15, 0.2) is 18.2 Å². The normalized spacial score (nSPS) is 19.9. The van der Waals surface area contributed by atoms with Crippen LogP contribution in [-0.2, 0) is 0 Å². The van der Waals surface area contributed by atoms with Crippen molar-refractivity contribution in [1.29, 1.82) is 0 Å². The summed E-state index contributed by atoms with van der Waals surface area (Å²) in [5.74, 6) is 0.0596. The Labute approximate surface area is 108 Å². The third-order valence-corrected chi connectivity index (χ3v) is 3.33. The predicted octanol–water partition coefficient (Wildman–Crippen LogP) is 2.41. The second-order valence-electron chi connectivity index (χ2n) is 4.55. The van der Waals surface area contributed by atoms with Crippen LogP contribution in [0, 0.1) is 5.82 Å². The Morgan fingerprint density at radius 3 is 2.94 bits per heavy atom. The van der Waals surface area contributed by atoms with E-state index in [-0.39, 0.29) is 5.82 Å². The van der Waals surface area contributed by atoms with Crippen molar-refractivity contribution in [2.45, 2.75) is 26.3 Å². The van der Waals surface area contributed by atoms with Crippen LogP contribution in [0.1, 0.15) is 20.3 Å². The number of hydrogen-bond donors (Lipinski definition) is 1. The van der Waals surface area contributed by atoms with Crippen molar-refractivity contribution in [2.75, 3.05) is 31.1 Å². The molecule has 0 spiro atoms. The Morgan fingerprint density at radius 1 is 1.44 bits per heavy atom. The molecule has 0 aromatic heterocycles. The minimum atomic E-state index is -0.277. The van der Waals surface area contributed by atoms with Crippen LogP contribution >= 0.6 is 0 Å². The Kier molecular flexibility index (Phi) is 4.42. The molecule has 1 aromatic carbocycles. The fourth-order valence-electron chi connectivity index (χ4n) is 2.29. The molecule has 0 radical (unpaired) electrons. The average molecular weight is 252 g/mol. The summed E-state index contributed by atoms with van der Waals surface area (Å²) in [5, 5.41) is 3.45. The molecule has 2 rings (SSSR count). The number of rotatable bonds is 4. The highest BCUT2D eigenvalue weighted by molar-refractivity contribution is 5.50. The first-order valence-electron chi connectivity index (χ1n) is 6.65. The summed E-state index contributed by atoms with van der Waals surface area (Å²) >= 11 is 0. The Morgan fingerprint density at radius 2 is 2.28 bits per heavy atom. The number of piperazine rings is 1. The molecule has 0 amide bonds. The maximum Gasteiger partial charge on any atom is 0.167 e. The van der Waals surface area contributed by atoms with E-state index in [1.165, 1.54) is 0 Å². The summed E-state index contributed by atoms with van der Waals surface area (Å²) in [4.78, 5) is 2.23. The molecule has 1 N–H and O–H groups in total. The molecule has 0 bridgehead atoms. The molecule has 1 aliphatic heterocycles. The number of ether oxygens (including phenoxy) is 1. The minimum absolute atomic E-state index is 0.277. The fourth-order valence-corrected chi connectivity index (χ4v) is 2.29. The smallest absolute Gasteiger partial charge is 0.167 e. The van der Waals surface area contributed by atoms with E-state index in [4.69, 9.17) is 4.74 Å². The zero-order valence-corrected chi connectivity index (χ0v) is 11.1. The zero-order valence-electron chi connectivity index (χ0n) is 11.1. The van der Waals surface area contributed by atoms with Crippen LogP contribution in [0.3, 0.4) is 0 Å². The van der Waals surface area contributed by atoms with Crippen molar-refractivity contribution in [3.05, 3.63) is 24.0 Å². The van der Waals surface area contributed by atoms with Gasteiger partial charge < -0.3 is 15.0 Å². The summed E-state index contributed by atoms with van der Waals surface area (Å²) in [5.41, 5.74) is 0.941. The number of benzene rings is 1. The van der Waals surface area contributed by atoms with Gasteiger partial charge in [0.05, 0.1) is 6.61 Å². The number of nitrogens with zero attached hydrogens (tertiary/aromatic N) is 1. The molecule has 3 nitrogen and oxygen atoms in total. The number of halogens is 1. The van der Waals surface area contributed by atoms with Gasteiger partial charge in [-0.2, -0.15) is 0 Å². The Bertz CT molecular complexity index is 397. The van der Waals surface area contributed by atoms with E-state index >= 15 is 0 Å². The molecule has 0 aliphatic carbocycles. The highest BCUT2D eigenvalue weighted by Gasteiger charge is 2.18. The lowest BCUT2D eigenvalue weighted by Gasteiger charge is -2.35. The first-order chi connectivity index (χ1) is 8.74. The maximum absolute atomic E-state index is 13.8. The standard InChI is InChI=1S/C14H21FN2O/c1-3-11-10-17(8-7-16-11)12-5-6-14(18-4-2)13(15)9-12/h5-6,9,11,16H,3-4,7-8,10H2,1-2H3. The summed E-state index contributed by atoms with van der Waals surface area (Å²) in [6.07, 6.45) is 1.09. The molecule has 1 fully saturated rings. The summed E-state index contributed by atoms with van der Waals surface area (Å²) in [6, 6.07) is 5.72. The average Bonchev–Trinajstić information content (AvgIpc) is 2.41. The van der Waals surface area contributed by atoms with E-state index < -0.39 is 0 Å². The van der Waals surface area contributed by atoms with E-state index in [9.17, 15) is 4.39 Å². The summed E-state index contributed by atoms with van der Waals surface area (Å²) in [7, 11) is 0. The topological polar surface area (TPSA) is 24.5 Å². The van der Waals surface area contributed by atoms with Crippen molar-refractivity contribution in [2.24, 2.45) is 0 Å². The minimum Gasteiger partial charge on any atom is -0.491 e. The number of nitrogens with one attached hydrogen (secondary N) is 1. The first-order valence-corrected chi connectivity index (χ1v) is 6.65. The number of hydrogen-bond acceptors (Lipinski definition) is 3. The molecule has 4 heteroatoms. The van der Waals surface area contributed by atoms with Gasteiger partial charge in [-0.25, -0.2) is 4.39 Å². The second-order valence-corrected chi connectivity index (χ2v) is 4.55. The van der Waals surface area contributed by atoms with Gasteiger partial charge in [-0.1, -0.05) is 6.92 Å². The van der Waals surface area contributed by atoms with Gasteiger partial charge in [0.1, 0.15) is 0 Å². The summed E-state index contributed by atoms with van der Waals surface area (Å²) in [6.45, 7) is 7.32. The molecular formula is C14H21FN2O. The highest BCUT2D eigenvalue weighted by atomic mass is 19.1. The van der Waals surface area contributed by atoms with Gasteiger partial charge in [-0.05, 0) is 25.5 Å². The predicted molar refractivity (Wildman–Crippen MR) is 71.9 cm³/mol. The SMILES string of the molecule is CCOc1ccc(N2CCNC(CC)C2)cc1F. The van der Waals surface area contributed by atoms with Gasteiger partial charge >= 0.3 is 0 Å². The molecule has 0 saturated carbocycles. The second kappa shape index (κ2) is 6.05. The van der Waals surface area contributed by atoms with Gasteiger partial charge in [0, 0.05) is 37.4 Å². The molecule has 1 atom stereocenters. The fraction of sp³-hybridized carbons (Fsp3) is 0.571. The molecule has 1 aliphatic rings. The lowest BCUT2D eigenvalue weighted by Crippen LogP contribution is -2.50. The van der Waals surface area contributed by atoms with E-state index in [1.807, 2.05) is 13.0 Å². The zero-order chi connectivity index (χ0) is 13.0. The van der Waals surface area contributed by atoms with Gasteiger partial charge in [-0.15, -0.1) is 0 Å². The largest absolute Gasteiger partial charge is 0.491 e. The van der Waals surface area contributed by atoms with E-state index in [1.54, 1.807) is 12.1 Å². The van der Waals surface area contributed by atoms with Crippen LogP contribution in [0.25, 0.3) is 0 Å². The molecule has 1 unspecified atom stereocenters. The van der Waals surface area contributed by atoms with Gasteiger partial charge in [0.25, 0.3) is 0 Å². The van der Waals surface area contributed by atoms with Gasteiger partial charge in [-0.3, -0.25) is 0 Å². The van der Waals surface area contributed by atoms with E-state index in [0.29, 0.717) is 18.4 Å². The lowest BCUT2D eigenvalue weighted by atomic mass is 10.1. The van der Waals surface area contributed by atoms with Crippen LogP contribution in [0.5, 0.6) is 5.75 Å². The third kappa shape index (κ3) is 2.93. The Hall–Kier alpha value is -1.29. The summed E-state index contributed by atoms with van der Waals surface area (Å²) < 4.78 is 19.0. The molecule has 1 heterocycles. The van der Waals surface area contributed by atoms with E-state index in [2.05, 4.69) is 17.1 Å². The molecule has 1 aromatic rings. The maximum atomic E-state index is 13.8. The third-order valence-electron chi connectivity index (χ3n) is 3.33. The molecule has 1 saturated heterocycles. The lowest BCUT2D eigenvalue weighted by molar-refractivity contribution is 0.321. The van der Waals surface area contributed by atoms with Crippen molar-refractivity contribution >= 4 is 5.69 Å². The van der Waals surface area contributed by atoms with Crippen LogP contribution < -0.4 is 15.0 Å². The van der Waals surface area contributed by atoms with Crippen molar-refractivity contribution in [1.82, 2.24) is 5.32 Å². The Balaban J connectivity index is 2.10.